The number of methoxy groups -OCH3 is 1. The minimum Gasteiger partial charge on any atom is -0.497 e. The number of piperazine rings is 1. The molecule has 25 heavy (non-hydrogen) atoms. The highest BCUT2D eigenvalue weighted by Gasteiger charge is 2.48. The molecule has 2 aromatic rings. The predicted octanol–water partition coefficient (Wildman–Crippen LogP) is 2.67. The van der Waals surface area contributed by atoms with Gasteiger partial charge in [-0.2, -0.15) is 0 Å². The van der Waals surface area contributed by atoms with Crippen molar-refractivity contribution < 1.29 is 9.53 Å². The van der Waals surface area contributed by atoms with Gasteiger partial charge in [-0.05, 0) is 42.2 Å². The third-order valence-corrected chi connectivity index (χ3v) is 5.59. The van der Waals surface area contributed by atoms with Gasteiger partial charge in [0.2, 0.25) is 0 Å². The van der Waals surface area contributed by atoms with Crippen LogP contribution in [0, 0.1) is 0 Å². The van der Waals surface area contributed by atoms with Gasteiger partial charge in [-0.25, -0.2) is 0 Å². The second-order valence-electron chi connectivity index (χ2n) is 6.97. The summed E-state index contributed by atoms with van der Waals surface area (Å²) < 4.78 is 5.32. The van der Waals surface area contributed by atoms with Gasteiger partial charge in [0.1, 0.15) is 5.75 Å². The lowest BCUT2D eigenvalue weighted by Crippen LogP contribution is -2.66. The van der Waals surface area contributed by atoms with Crippen LogP contribution < -0.4 is 10.1 Å². The van der Waals surface area contributed by atoms with Crippen molar-refractivity contribution in [3.05, 3.63) is 65.2 Å². The summed E-state index contributed by atoms with van der Waals surface area (Å²) in [5, 5.41) is 3.46. The van der Waals surface area contributed by atoms with E-state index in [0.717, 1.165) is 55.9 Å². The maximum Gasteiger partial charge on any atom is 0.184 e. The zero-order valence-electron chi connectivity index (χ0n) is 14.6. The molecular weight excluding hydrogens is 312 g/mol. The third kappa shape index (κ3) is 2.86. The van der Waals surface area contributed by atoms with Crippen molar-refractivity contribution in [1.29, 1.82) is 0 Å². The number of Topliss-reactive ketones (excluding diaryl/α,β-unsaturated/α-hetero) is 1. The van der Waals surface area contributed by atoms with Crippen molar-refractivity contribution in [1.82, 2.24) is 10.2 Å². The van der Waals surface area contributed by atoms with E-state index in [1.165, 1.54) is 5.56 Å². The van der Waals surface area contributed by atoms with Crippen LogP contribution in [0.3, 0.4) is 0 Å². The summed E-state index contributed by atoms with van der Waals surface area (Å²) in [4.78, 5) is 15.9. The fourth-order valence-electron chi connectivity index (χ4n) is 4.17. The number of rotatable bonds is 3. The Balaban J connectivity index is 1.67. The Bertz CT molecular complexity index is 775. The molecule has 2 aliphatic rings. The van der Waals surface area contributed by atoms with Crippen molar-refractivity contribution in [2.45, 2.75) is 24.9 Å². The molecule has 1 aliphatic heterocycles. The van der Waals surface area contributed by atoms with Gasteiger partial charge in [-0.1, -0.05) is 30.3 Å². The molecule has 1 N–H and O–H groups in total. The van der Waals surface area contributed by atoms with Crippen LogP contribution in [0.1, 0.15) is 27.9 Å². The largest absolute Gasteiger partial charge is 0.497 e. The molecule has 0 saturated carbocycles. The van der Waals surface area contributed by atoms with E-state index in [1.54, 1.807) is 7.11 Å². The van der Waals surface area contributed by atoms with Crippen LogP contribution in [0.25, 0.3) is 0 Å². The standard InChI is InChI=1S/C21H24N2O2/c1-25-18-7-8-19-17(13-18)9-10-21(20(19)24)15-22-11-12-23(21)14-16-5-3-2-4-6-16/h2-8,13,22H,9-12,14-15H2,1H3. The summed E-state index contributed by atoms with van der Waals surface area (Å²) in [6.45, 7) is 3.37. The summed E-state index contributed by atoms with van der Waals surface area (Å²) >= 11 is 0. The Hall–Kier alpha value is -2.17. The monoisotopic (exact) mass is 336 g/mol. The Morgan fingerprint density at radius 2 is 2.04 bits per heavy atom. The fraction of sp³-hybridized carbons (Fsp3) is 0.381. The summed E-state index contributed by atoms with van der Waals surface area (Å²) in [6, 6.07) is 16.3. The van der Waals surface area contributed by atoms with Crippen molar-refractivity contribution in [2.24, 2.45) is 0 Å². The number of ether oxygens (including phenoxy) is 1. The number of nitrogens with one attached hydrogen (secondary N) is 1. The second-order valence-corrected chi connectivity index (χ2v) is 6.97. The Labute approximate surface area is 148 Å². The third-order valence-electron chi connectivity index (χ3n) is 5.59. The van der Waals surface area contributed by atoms with Gasteiger partial charge < -0.3 is 10.1 Å². The molecule has 0 amide bonds. The molecule has 4 heteroatoms. The van der Waals surface area contributed by atoms with Gasteiger partial charge in [0.05, 0.1) is 12.6 Å². The van der Waals surface area contributed by atoms with E-state index < -0.39 is 5.54 Å². The van der Waals surface area contributed by atoms with Gasteiger partial charge in [0, 0.05) is 31.7 Å². The molecule has 1 spiro atoms. The predicted molar refractivity (Wildman–Crippen MR) is 98.1 cm³/mol. The summed E-state index contributed by atoms with van der Waals surface area (Å²) in [7, 11) is 1.67. The minimum absolute atomic E-state index is 0.250. The van der Waals surface area contributed by atoms with Crippen LogP contribution in [0.5, 0.6) is 5.75 Å². The molecule has 1 heterocycles. The van der Waals surface area contributed by atoms with Crippen molar-refractivity contribution in [2.75, 3.05) is 26.7 Å². The molecule has 0 aromatic heterocycles. The summed E-state index contributed by atoms with van der Waals surface area (Å²) in [5.41, 5.74) is 2.79. The quantitative estimate of drug-likeness (QED) is 0.936. The number of aryl methyl sites for hydroxylation is 1. The van der Waals surface area contributed by atoms with Crippen molar-refractivity contribution >= 4 is 5.78 Å². The molecule has 130 valence electrons. The lowest BCUT2D eigenvalue weighted by Gasteiger charge is -2.48. The number of ketones is 1. The van der Waals surface area contributed by atoms with Crippen molar-refractivity contribution in [3.63, 3.8) is 0 Å². The number of nitrogens with zero attached hydrogens (tertiary/aromatic N) is 1. The maximum atomic E-state index is 13.5. The molecular formula is C21H24N2O2. The Kier molecular flexibility index (Phi) is 4.32. The summed E-state index contributed by atoms with van der Waals surface area (Å²) in [6.07, 6.45) is 1.76. The number of carbonyl (C=O) groups is 1. The summed E-state index contributed by atoms with van der Waals surface area (Å²) in [5.74, 6) is 1.07. The molecule has 1 aliphatic carbocycles. The van der Waals surface area contributed by atoms with E-state index in [-0.39, 0.29) is 5.78 Å². The zero-order chi connectivity index (χ0) is 17.3. The van der Waals surface area contributed by atoms with E-state index in [1.807, 2.05) is 24.3 Å². The molecule has 0 radical (unpaired) electrons. The first-order chi connectivity index (χ1) is 12.2. The fourth-order valence-corrected chi connectivity index (χ4v) is 4.17. The SMILES string of the molecule is COc1ccc2c(c1)CCC1(CNCCN1Cc1ccccc1)C2=O. The smallest absolute Gasteiger partial charge is 0.184 e. The number of hydrogen-bond acceptors (Lipinski definition) is 4. The lowest BCUT2D eigenvalue weighted by atomic mass is 9.74. The van der Waals surface area contributed by atoms with E-state index in [4.69, 9.17) is 4.74 Å². The first-order valence-electron chi connectivity index (χ1n) is 8.94. The molecule has 0 bridgehead atoms. The van der Waals surface area contributed by atoms with Crippen molar-refractivity contribution in [3.8, 4) is 5.75 Å². The van der Waals surface area contributed by atoms with Gasteiger partial charge in [0.15, 0.2) is 5.78 Å². The average molecular weight is 336 g/mol. The first kappa shape index (κ1) is 16.3. The number of benzene rings is 2. The highest BCUT2D eigenvalue weighted by Crippen LogP contribution is 2.36. The molecule has 1 fully saturated rings. The highest BCUT2D eigenvalue weighted by molar-refractivity contribution is 6.06. The first-order valence-corrected chi connectivity index (χ1v) is 8.94. The molecule has 4 rings (SSSR count). The van der Waals surface area contributed by atoms with E-state index in [9.17, 15) is 4.79 Å². The normalized spacial score (nSPS) is 23.5. The Morgan fingerprint density at radius 1 is 1.20 bits per heavy atom. The van der Waals surface area contributed by atoms with Gasteiger partial charge >= 0.3 is 0 Å². The molecule has 4 nitrogen and oxygen atoms in total. The molecule has 1 saturated heterocycles. The molecule has 2 aromatic carbocycles. The lowest BCUT2D eigenvalue weighted by molar-refractivity contribution is 0.0325. The van der Waals surface area contributed by atoms with E-state index >= 15 is 0 Å². The minimum atomic E-state index is -0.435. The second kappa shape index (κ2) is 6.62. The average Bonchev–Trinajstić information content (AvgIpc) is 2.67. The number of fused-ring (bicyclic) bond motifs is 1. The van der Waals surface area contributed by atoms with E-state index in [2.05, 4.69) is 34.5 Å². The van der Waals surface area contributed by atoms with Crippen LogP contribution in [-0.4, -0.2) is 43.0 Å². The van der Waals surface area contributed by atoms with Gasteiger partial charge in [0.25, 0.3) is 0 Å². The van der Waals surface area contributed by atoms with Crippen LogP contribution in [0.2, 0.25) is 0 Å². The van der Waals surface area contributed by atoms with Crippen LogP contribution >= 0.6 is 0 Å². The zero-order valence-corrected chi connectivity index (χ0v) is 14.6. The maximum absolute atomic E-state index is 13.5. The van der Waals surface area contributed by atoms with Gasteiger partial charge in [-0.15, -0.1) is 0 Å². The number of hydrogen-bond donors (Lipinski definition) is 1. The molecule has 1 atom stereocenters. The topological polar surface area (TPSA) is 41.6 Å². The van der Waals surface area contributed by atoms with E-state index in [0.29, 0.717) is 0 Å². The number of carbonyl (C=O) groups excluding carboxylic acids is 1. The van der Waals surface area contributed by atoms with Gasteiger partial charge in [-0.3, -0.25) is 9.69 Å². The highest BCUT2D eigenvalue weighted by atomic mass is 16.5. The Morgan fingerprint density at radius 3 is 2.84 bits per heavy atom. The van der Waals surface area contributed by atoms with Crippen LogP contribution in [0.15, 0.2) is 48.5 Å². The molecule has 1 unspecified atom stereocenters. The van der Waals surface area contributed by atoms with Crippen LogP contribution in [0.4, 0.5) is 0 Å². The van der Waals surface area contributed by atoms with Crippen LogP contribution in [-0.2, 0) is 13.0 Å².